The van der Waals surface area contributed by atoms with E-state index >= 15 is 0 Å². The summed E-state index contributed by atoms with van der Waals surface area (Å²) in [6.45, 7) is 3.85. The van der Waals surface area contributed by atoms with Crippen LogP contribution >= 0.6 is 11.6 Å². The zero-order valence-corrected chi connectivity index (χ0v) is 19.9. The maximum atomic E-state index is 13.5. The van der Waals surface area contributed by atoms with Gasteiger partial charge in [-0.25, -0.2) is 8.42 Å². The fourth-order valence-electron chi connectivity index (χ4n) is 3.78. The number of hydrogen-bond acceptors (Lipinski definition) is 4. The minimum absolute atomic E-state index is 0.0915. The maximum absolute atomic E-state index is 13.5. The summed E-state index contributed by atoms with van der Waals surface area (Å²) in [6.07, 6.45) is -0.313. The second-order valence-corrected chi connectivity index (χ2v) is 10.2. The lowest BCUT2D eigenvalue weighted by Crippen LogP contribution is -2.51. The Morgan fingerprint density at radius 3 is 2.42 bits per heavy atom. The summed E-state index contributed by atoms with van der Waals surface area (Å²) in [5.41, 5.74) is 2.51. The fourth-order valence-corrected chi connectivity index (χ4v) is 5.39. The molecule has 8 heteroatoms. The van der Waals surface area contributed by atoms with Crippen LogP contribution in [0.5, 0.6) is 5.75 Å². The van der Waals surface area contributed by atoms with Crippen LogP contribution in [0, 0.1) is 6.92 Å². The van der Waals surface area contributed by atoms with Crippen LogP contribution in [0.2, 0.25) is 5.02 Å². The molecule has 0 saturated carbocycles. The SMILES string of the molecule is CCC(NC(=O)C1CN(S(=O)(=O)c2ccc(Cl)cc2)c2ccccc2O1)c1ccc(C)cc1. The van der Waals surface area contributed by atoms with Gasteiger partial charge in [0.05, 0.1) is 23.2 Å². The van der Waals surface area contributed by atoms with E-state index < -0.39 is 16.1 Å². The first kappa shape index (κ1) is 23.1. The molecule has 4 rings (SSSR count). The summed E-state index contributed by atoms with van der Waals surface area (Å²) >= 11 is 5.93. The number of rotatable bonds is 6. The predicted molar refractivity (Wildman–Crippen MR) is 129 cm³/mol. The molecule has 1 N–H and O–H groups in total. The van der Waals surface area contributed by atoms with Gasteiger partial charge in [-0.15, -0.1) is 0 Å². The number of benzene rings is 3. The topological polar surface area (TPSA) is 75.7 Å². The maximum Gasteiger partial charge on any atom is 0.264 e. The van der Waals surface area contributed by atoms with Crippen molar-refractivity contribution in [3.05, 3.63) is 88.9 Å². The highest BCUT2D eigenvalue weighted by atomic mass is 35.5. The number of sulfonamides is 1. The number of nitrogens with zero attached hydrogens (tertiary/aromatic N) is 1. The Hall–Kier alpha value is -3.03. The van der Waals surface area contributed by atoms with Crippen molar-refractivity contribution in [3.63, 3.8) is 0 Å². The minimum Gasteiger partial charge on any atom is -0.476 e. The molecular formula is C25H25ClN2O4S. The van der Waals surface area contributed by atoms with Crippen LogP contribution in [0.15, 0.2) is 77.7 Å². The summed E-state index contributed by atoms with van der Waals surface area (Å²) in [7, 11) is -3.93. The van der Waals surface area contributed by atoms with Gasteiger partial charge in [0.1, 0.15) is 5.75 Å². The van der Waals surface area contributed by atoms with Crippen molar-refractivity contribution >= 4 is 33.2 Å². The lowest BCUT2D eigenvalue weighted by atomic mass is 10.0. The highest BCUT2D eigenvalue weighted by molar-refractivity contribution is 7.92. The van der Waals surface area contributed by atoms with Crippen LogP contribution in [0.3, 0.4) is 0 Å². The average Bonchev–Trinajstić information content (AvgIpc) is 2.82. The molecule has 0 fully saturated rings. The summed E-state index contributed by atoms with van der Waals surface area (Å²) in [5, 5.41) is 3.46. The molecule has 2 unspecified atom stereocenters. The molecule has 0 radical (unpaired) electrons. The molecule has 172 valence electrons. The molecule has 1 aliphatic heterocycles. The molecule has 1 amide bonds. The highest BCUT2D eigenvalue weighted by Crippen LogP contribution is 2.37. The van der Waals surface area contributed by atoms with E-state index in [-0.39, 0.29) is 23.4 Å². The largest absolute Gasteiger partial charge is 0.476 e. The second kappa shape index (κ2) is 9.45. The van der Waals surface area contributed by atoms with Gasteiger partial charge in [0.25, 0.3) is 15.9 Å². The number of para-hydroxylation sites is 2. The van der Waals surface area contributed by atoms with E-state index in [0.717, 1.165) is 11.1 Å². The molecule has 1 heterocycles. The average molecular weight is 485 g/mol. The van der Waals surface area contributed by atoms with Gasteiger partial charge in [0.15, 0.2) is 6.10 Å². The van der Waals surface area contributed by atoms with Gasteiger partial charge in [-0.2, -0.15) is 0 Å². The first-order chi connectivity index (χ1) is 15.8. The molecule has 0 saturated heterocycles. The third-order valence-electron chi connectivity index (χ3n) is 5.63. The first-order valence-electron chi connectivity index (χ1n) is 10.7. The van der Waals surface area contributed by atoms with E-state index in [1.54, 1.807) is 24.3 Å². The van der Waals surface area contributed by atoms with Crippen LogP contribution in [-0.4, -0.2) is 27.0 Å². The van der Waals surface area contributed by atoms with Crippen molar-refractivity contribution in [3.8, 4) is 5.75 Å². The Labute approximate surface area is 199 Å². The van der Waals surface area contributed by atoms with E-state index in [0.29, 0.717) is 22.9 Å². The number of fused-ring (bicyclic) bond motifs is 1. The van der Waals surface area contributed by atoms with Crippen molar-refractivity contribution in [2.45, 2.75) is 37.3 Å². The number of aryl methyl sites for hydroxylation is 1. The number of carbonyl (C=O) groups excluding carboxylic acids is 1. The third kappa shape index (κ3) is 4.84. The molecule has 3 aromatic carbocycles. The summed E-state index contributed by atoms with van der Waals surface area (Å²) < 4.78 is 34.1. The lowest BCUT2D eigenvalue weighted by Gasteiger charge is -2.35. The molecule has 3 aromatic rings. The normalized spacial score (nSPS) is 16.5. The van der Waals surface area contributed by atoms with Crippen LogP contribution < -0.4 is 14.4 Å². The van der Waals surface area contributed by atoms with Crippen molar-refractivity contribution in [2.24, 2.45) is 0 Å². The number of carbonyl (C=O) groups is 1. The molecule has 6 nitrogen and oxygen atoms in total. The summed E-state index contributed by atoms with van der Waals surface area (Å²) in [5.74, 6) is -0.0296. The zero-order valence-electron chi connectivity index (χ0n) is 18.4. The van der Waals surface area contributed by atoms with Gasteiger partial charge in [0.2, 0.25) is 0 Å². The second-order valence-electron chi connectivity index (χ2n) is 7.94. The van der Waals surface area contributed by atoms with Crippen LogP contribution in [-0.2, 0) is 14.8 Å². The smallest absolute Gasteiger partial charge is 0.264 e. The van der Waals surface area contributed by atoms with Crippen LogP contribution in [0.25, 0.3) is 0 Å². The third-order valence-corrected chi connectivity index (χ3v) is 7.68. The standard InChI is InChI=1S/C25H25ClN2O4S/c1-3-21(18-10-8-17(2)9-11-18)27-25(29)24-16-28(22-6-4-5-7-23(22)32-24)33(30,31)20-14-12-19(26)13-15-20/h4-15,21,24H,3,16H2,1-2H3,(H,27,29). The van der Waals surface area contributed by atoms with E-state index in [4.69, 9.17) is 16.3 Å². The van der Waals surface area contributed by atoms with Gasteiger partial charge in [-0.1, -0.05) is 60.5 Å². The molecule has 1 aliphatic rings. The predicted octanol–water partition coefficient (Wildman–Crippen LogP) is 4.87. The molecule has 0 spiro atoms. The molecule has 2 atom stereocenters. The molecule has 33 heavy (non-hydrogen) atoms. The fraction of sp³-hybridized carbons (Fsp3) is 0.240. The van der Waals surface area contributed by atoms with E-state index in [1.165, 1.54) is 28.6 Å². The van der Waals surface area contributed by atoms with Gasteiger partial charge >= 0.3 is 0 Å². The zero-order chi connectivity index (χ0) is 23.6. The monoisotopic (exact) mass is 484 g/mol. The number of nitrogens with one attached hydrogen (secondary N) is 1. The van der Waals surface area contributed by atoms with Crippen LogP contribution in [0.1, 0.15) is 30.5 Å². The Bertz CT molecular complexity index is 1240. The quantitative estimate of drug-likeness (QED) is 0.541. The van der Waals surface area contributed by atoms with Crippen molar-refractivity contribution in [2.75, 3.05) is 10.8 Å². The first-order valence-corrected chi connectivity index (χ1v) is 12.5. The number of halogens is 1. The molecule has 0 bridgehead atoms. The number of anilines is 1. The summed E-state index contributed by atoms with van der Waals surface area (Å²) in [4.78, 5) is 13.3. The van der Waals surface area contributed by atoms with E-state index in [2.05, 4.69) is 5.32 Å². The number of ether oxygens (including phenoxy) is 1. The Morgan fingerprint density at radius 1 is 1.09 bits per heavy atom. The van der Waals surface area contributed by atoms with Crippen molar-refractivity contribution in [1.82, 2.24) is 5.32 Å². The Morgan fingerprint density at radius 2 is 1.76 bits per heavy atom. The minimum atomic E-state index is -3.93. The summed E-state index contributed by atoms with van der Waals surface area (Å²) in [6, 6.07) is 20.5. The Kier molecular flexibility index (Phi) is 6.63. The van der Waals surface area contributed by atoms with Gasteiger partial charge in [-0.05, 0) is 55.3 Å². The molecule has 0 aliphatic carbocycles. The number of amides is 1. The van der Waals surface area contributed by atoms with Gasteiger partial charge in [-0.3, -0.25) is 9.10 Å². The lowest BCUT2D eigenvalue weighted by molar-refractivity contribution is -0.128. The van der Waals surface area contributed by atoms with E-state index in [9.17, 15) is 13.2 Å². The molecule has 0 aromatic heterocycles. The van der Waals surface area contributed by atoms with Gasteiger partial charge in [0, 0.05) is 5.02 Å². The number of hydrogen-bond donors (Lipinski definition) is 1. The van der Waals surface area contributed by atoms with Gasteiger partial charge < -0.3 is 10.1 Å². The van der Waals surface area contributed by atoms with Crippen molar-refractivity contribution < 1.29 is 17.9 Å². The Balaban J connectivity index is 1.62. The van der Waals surface area contributed by atoms with E-state index in [1.807, 2.05) is 38.1 Å². The van der Waals surface area contributed by atoms with Crippen LogP contribution in [0.4, 0.5) is 5.69 Å². The highest BCUT2D eigenvalue weighted by Gasteiger charge is 2.38. The molecular weight excluding hydrogens is 460 g/mol. The van der Waals surface area contributed by atoms with Crippen molar-refractivity contribution in [1.29, 1.82) is 0 Å².